The number of anilines is 1. The lowest BCUT2D eigenvalue weighted by Gasteiger charge is -2.33. The number of carbonyl (C=O) groups is 2. The molecule has 1 atom stereocenters. The van der Waals surface area contributed by atoms with Gasteiger partial charge in [0.25, 0.3) is 0 Å². The molecule has 3 rings (SSSR count). The summed E-state index contributed by atoms with van der Waals surface area (Å²) in [5, 5.41) is 5.98. The summed E-state index contributed by atoms with van der Waals surface area (Å²) in [6.07, 6.45) is 2.59. The SMILES string of the molecule is COc1cccc(NC(=O)CC2NCCN(CC3CC3)C2=O)c1. The van der Waals surface area contributed by atoms with E-state index >= 15 is 0 Å². The molecule has 0 aromatic heterocycles. The molecular formula is C17H23N3O3. The van der Waals surface area contributed by atoms with Crippen LogP contribution in [0.2, 0.25) is 0 Å². The van der Waals surface area contributed by atoms with E-state index in [1.54, 1.807) is 19.2 Å². The van der Waals surface area contributed by atoms with Crippen LogP contribution in [0.15, 0.2) is 24.3 Å². The molecule has 2 aliphatic rings. The van der Waals surface area contributed by atoms with Gasteiger partial charge in [0, 0.05) is 31.4 Å². The van der Waals surface area contributed by atoms with E-state index in [2.05, 4.69) is 10.6 Å². The summed E-state index contributed by atoms with van der Waals surface area (Å²) in [5.74, 6) is 1.23. The van der Waals surface area contributed by atoms with Crippen molar-refractivity contribution in [2.24, 2.45) is 5.92 Å². The third-order valence-electron chi connectivity index (χ3n) is 4.30. The monoisotopic (exact) mass is 317 g/mol. The van der Waals surface area contributed by atoms with Crippen LogP contribution in [-0.2, 0) is 9.59 Å². The Morgan fingerprint density at radius 1 is 1.43 bits per heavy atom. The van der Waals surface area contributed by atoms with Crippen LogP contribution in [0.25, 0.3) is 0 Å². The summed E-state index contributed by atoms with van der Waals surface area (Å²) < 4.78 is 5.14. The third-order valence-corrected chi connectivity index (χ3v) is 4.30. The molecular weight excluding hydrogens is 294 g/mol. The van der Waals surface area contributed by atoms with E-state index in [4.69, 9.17) is 4.74 Å². The molecule has 6 heteroatoms. The minimum absolute atomic E-state index is 0.0453. The Morgan fingerprint density at radius 3 is 3.00 bits per heavy atom. The van der Waals surface area contributed by atoms with Crippen LogP contribution in [0.4, 0.5) is 5.69 Å². The smallest absolute Gasteiger partial charge is 0.240 e. The molecule has 1 aromatic rings. The summed E-state index contributed by atoms with van der Waals surface area (Å²) in [7, 11) is 1.58. The summed E-state index contributed by atoms with van der Waals surface area (Å²) in [4.78, 5) is 26.5. The standard InChI is InChI=1S/C17H23N3O3/c1-23-14-4-2-3-13(9-14)19-16(21)10-15-17(22)20(8-7-18-15)11-12-5-6-12/h2-4,9,12,15,18H,5-8,10-11H2,1H3,(H,19,21). The maximum Gasteiger partial charge on any atom is 0.240 e. The van der Waals surface area contributed by atoms with E-state index in [1.165, 1.54) is 12.8 Å². The first kappa shape index (κ1) is 15.8. The zero-order chi connectivity index (χ0) is 16.2. The van der Waals surface area contributed by atoms with Crippen LogP contribution in [0, 0.1) is 5.92 Å². The number of hydrogen-bond acceptors (Lipinski definition) is 4. The third kappa shape index (κ3) is 4.22. The molecule has 2 N–H and O–H groups in total. The van der Waals surface area contributed by atoms with E-state index in [0.29, 0.717) is 17.4 Å². The lowest BCUT2D eigenvalue weighted by atomic mass is 10.1. The molecule has 124 valence electrons. The maximum absolute atomic E-state index is 12.4. The Hall–Kier alpha value is -2.08. The van der Waals surface area contributed by atoms with E-state index < -0.39 is 6.04 Å². The first-order valence-corrected chi connectivity index (χ1v) is 8.12. The zero-order valence-electron chi connectivity index (χ0n) is 13.4. The number of piperazine rings is 1. The van der Waals surface area contributed by atoms with Gasteiger partial charge in [-0.1, -0.05) is 6.07 Å². The van der Waals surface area contributed by atoms with E-state index in [9.17, 15) is 9.59 Å². The van der Waals surface area contributed by atoms with E-state index in [-0.39, 0.29) is 18.2 Å². The molecule has 1 aliphatic heterocycles. The van der Waals surface area contributed by atoms with Crippen LogP contribution in [0.3, 0.4) is 0 Å². The quantitative estimate of drug-likeness (QED) is 0.828. The molecule has 23 heavy (non-hydrogen) atoms. The summed E-state index contributed by atoms with van der Waals surface area (Å²) in [6, 6.07) is 6.77. The van der Waals surface area contributed by atoms with Crippen molar-refractivity contribution in [2.75, 3.05) is 32.1 Å². The Balaban J connectivity index is 1.54. The Bertz CT molecular complexity index is 586. The molecule has 1 heterocycles. The van der Waals surface area contributed by atoms with Gasteiger partial charge >= 0.3 is 0 Å². The highest BCUT2D eigenvalue weighted by Crippen LogP contribution is 2.30. The predicted molar refractivity (Wildman–Crippen MR) is 87.3 cm³/mol. The van der Waals surface area contributed by atoms with Crippen LogP contribution in [-0.4, -0.2) is 49.5 Å². The van der Waals surface area contributed by atoms with E-state index in [1.807, 2.05) is 17.0 Å². The summed E-state index contributed by atoms with van der Waals surface area (Å²) in [6.45, 7) is 2.33. The van der Waals surface area contributed by atoms with Crippen LogP contribution >= 0.6 is 0 Å². The predicted octanol–water partition coefficient (Wildman–Crippen LogP) is 1.23. The minimum atomic E-state index is -0.423. The van der Waals surface area contributed by atoms with E-state index in [0.717, 1.165) is 19.6 Å². The minimum Gasteiger partial charge on any atom is -0.497 e. The molecule has 1 saturated heterocycles. The van der Waals surface area contributed by atoms with Crippen LogP contribution in [0.5, 0.6) is 5.75 Å². The van der Waals surface area contributed by atoms with Gasteiger partial charge in [-0.15, -0.1) is 0 Å². The first-order valence-electron chi connectivity index (χ1n) is 8.12. The number of hydrogen-bond donors (Lipinski definition) is 2. The number of nitrogens with one attached hydrogen (secondary N) is 2. The fourth-order valence-corrected chi connectivity index (χ4v) is 2.84. The highest BCUT2D eigenvalue weighted by Gasteiger charge is 2.33. The number of rotatable bonds is 6. The lowest BCUT2D eigenvalue weighted by Crippen LogP contribution is -2.56. The fourth-order valence-electron chi connectivity index (χ4n) is 2.84. The first-order chi connectivity index (χ1) is 11.2. The molecule has 6 nitrogen and oxygen atoms in total. The van der Waals surface area contributed by atoms with Crippen molar-refractivity contribution in [1.82, 2.24) is 10.2 Å². The Morgan fingerprint density at radius 2 is 2.26 bits per heavy atom. The van der Waals surface area contributed by atoms with Gasteiger partial charge in [-0.3, -0.25) is 9.59 Å². The van der Waals surface area contributed by atoms with Crippen molar-refractivity contribution < 1.29 is 14.3 Å². The molecule has 1 saturated carbocycles. The molecule has 0 radical (unpaired) electrons. The van der Waals surface area contributed by atoms with Crippen molar-refractivity contribution in [3.63, 3.8) is 0 Å². The molecule has 2 amide bonds. The fraction of sp³-hybridized carbons (Fsp3) is 0.529. The van der Waals surface area contributed by atoms with Crippen LogP contribution in [0.1, 0.15) is 19.3 Å². The maximum atomic E-state index is 12.4. The second kappa shape index (κ2) is 7.00. The number of ether oxygens (including phenoxy) is 1. The number of amides is 2. The number of nitrogens with zero attached hydrogens (tertiary/aromatic N) is 1. The largest absolute Gasteiger partial charge is 0.497 e. The van der Waals surface area contributed by atoms with Crippen LogP contribution < -0.4 is 15.4 Å². The molecule has 1 unspecified atom stereocenters. The average molecular weight is 317 g/mol. The molecule has 1 aromatic carbocycles. The van der Waals surface area contributed by atoms with Crippen molar-refractivity contribution in [1.29, 1.82) is 0 Å². The number of benzene rings is 1. The zero-order valence-corrected chi connectivity index (χ0v) is 13.4. The summed E-state index contributed by atoms with van der Waals surface area (Å²) in [5.41, 5.74) is 0.674. The number of methoxy groups -OCH3 is 1. The van der Waals surface area contributed by atoms with Gasteiger partial charge in [0.1, 0.15) is 5.75 Å². The highest BCUT2D eigenvalue weighted by molar-refractivity contribution is 5.95. The van der Waals surface area contributed by atoms with Crippen molar-refractivity contribution in [2.45, 2.75) is 25.3 Å². The van der Waals surface area contributed by atoms with Gasteiger partial charge in [0.05, 0.1) is 19.6 Å². The molecule has 0 bridgehead atoms. The summed E-state index contributed by atoms with van der Waals surface area (Å²) >= 11 is 0. The van der Waals surface area contributed by atoms with Gasteiger partial charge in [0.2, 0.25) is 11.8 Å². The topological polar surface area (TPSA) is 70.7 Å². The van der Waals surface area contributed by atoms with Gasteiger partial charge in [-0.05, 0) is 30.9 Å². The van der Waals surface area contributed by atoms with Crippen molar-refractivity contribution in [3.05, 3.63) is 24.3 Å². The normalized spacial score (nSPS) is 21.2. The van der Waals surface area contributed by atoms with Gasteiger partial charge in [-0.25, -0.2) is 0 Å². The number of carbonyl (C=O) groups excluding carboxylic acids is 2. The van der Waals surface area contributed by atoms with Crippen molar-refractivity contribution >= 4 is 17.5 Å². The molecule has 2 fully saturated rings. The Kier molecular flexibility index (Phi) is 4.81. The lowest BCUT2D eigenvalue weighted by molar-refractivity contribution is -0.137. The molecule has 0 spiro atoms. The highest BCUT2D eigenvalue weighted by atomic mass is 16.5. The van der Waals surface area contributed by atoms with Crippen molar-refractivity contribution in [3.8, 4) is 5.75 Å². The van der Waals surface area contributed by atoms with Gasteiger partial charge in [0.15, 0.2) is 0 Å². The Labute approximate surface area is 136 Å². The second-order valence-electron chi connectivity index (χ2n) is 6.22. The molecule has 1 aliphatic carbocycles. The second-order valence-corrected chi connectivity index (χ2v) is 6.22. The average Bonchev–Trinajstić information content (AvgIpc) is 3.35. The van der Waals surface area contributed by atoms with Gasteiger partial charge < -0.3 is 20.3 Å². The van der Waals surface area contributed by atoms with Gasteiger partial charge in [-0.2, -0.15) is 0 Å².